The lowest BCUT2D eigenvalue weighted by Gasteiger charge is -2.25. The Morgan fingerprint density at radius 3 is 3.19 bits per heavy atom. The SMILES string of the molecule is CCCNC(=O)N1CCc2c(C)noc2C1. The highest BCUT2D eigenvalue weighted by Gasteiger charge is 2.25. The zero-order chi connectivity index (χ0) is 11.5. The molecule has 1 aliphatic heterocycles. The van der Waals surface area contributed by atoms with Crippen LogP contribution < -0.4 is 5.32 Å². The fourth-order valence-corrected chi connectivity index (χ4v) is 1.90. The van der Waals surface area contributed by atoms with Crippen molar-refractivity contribution in [3.05, 3.63) is 17.0 Å². The lowest BCUT2D eigenvalue weighted by atomic mass is 10.1. The summed E-state index contributed by atoms with van der Waals surface area (Å²) in [5.74, 6) is 0.829. The van der Waals surface area contributed by atoms with Crippen LogP contribution in [-0.4, -0.2) is 29.2 Å². The molecule has 2 amide bonds. The Hall–Kier alpha value is -1.52. The Labute approximate surface area is 94.8 Å². The predicted molar refractivity (Wildman–Crippen MR) is 59.0 cm³/mol. The van der Waals surface area contributed by atoms with Crippen LogP contribution in [0.5, 0.6) is 0 Å². The lowest BCUT2D eigenvalue weighted by molar-refractivity contribution is 0.183. The van der Waals surface area contributed by atoms with E-state index in [4.69, 9.17) is 4.52 Å². The molecule has 0 bridgehead atoms. The zero-order valence-electron chi connectivity index (χ0n) is 9.75. The van der Waals surface area contributed by atoms with Crippen molar-refractivity contribution >= 4 is 6.03 Å². The minimum absolute atomic E-state index is 0.0125. The summed E-state index contributed by atoms with van der Waals surface area (Å²) < 4.78 is 5.20. The summed E-state index contributed by atoms with van der Waals surface area (Å²) in [6.45, 7) is 5.97. The first-order chi connectivity index (χ1) is 7.72. The molecule has 1 N–H and O–H groups in total. The van der Waals surface area contributed by atoms with E-state index in [0.717, 1.165) is 37.4 Å². The molecule has 1 aromatic rings. The third-order valence-corrected chi connectivity index (χ3v) is 2.85. The molecule has 88 valence electrons. The second kappa shape index (κ2) is 4.55. The van der Waals surface area contributed by atoms with Gasteiger partial charge in [0, 0.05) is 18.7 Å². The van der Waals surface area contributed by atoms with E-state index in [-0.39, 0.29) is 6.03 Å². The fraction of sp³-hybridized carbons (Fsp3) is 0.636. The summed E-state index contributed by atoms with van der Waals surface area (Å²) in [6.07, 6.45) is 1.79. The summed E-state index contributed by atoms with van der Waals surface area (Å²) in [6, 6.07) is -0.0125. The molecule has 1 aliphatic rings. The standard InChI is InChI=1S/C11H17N3O2/c1-3-5-12-11(15)14-6-4-9-8(2)13-16-10(9)7-14/h3-7H2,1-2H3,(H,12,15). The van der Waals surface area contributed by atoms with Crippen LogP contribution in [0.25, 0.3) is 0 Å². The number of rotatable bonds is 2. The number of nitrogens with one attached hydrogen (secondary N) is 1. The van der Waals surface area contributed by atoms with Crippen molar-refractivity contribution in [1.82, 2.24) is 15.4 Å². The molecule has 1 aromatic heterocycles. The van der Waals surface area contributed by atoms with E-state index in [0.29, 0.717) is 6.54 Å². The normalized spacial score (nSPS) is 14.8. The van der Waals surface area contributed by atoms with Crippen molar-refractivity contribution in [2.45, 2.75) is 33.2 Å². The topological polar surface area (TPSA) is 58.4 Å². The van der Waals surface area contributed by atoms with E-state index >= 15 is 0 Å². The van der Waals surface area contributed by atoms with Gasteiger partial charge in [0.1, 0.15) is 0 Å². The monoisotopic (exact) mass is 223 g/mol. The van der Waals surface area contributed by atoms with Crippen molar-refractivity contribution in [1.29, 1.82) is 0 Å². The molecule has 0 aliphatic carbocycles. The molecule has 5 nitrogen and oxygen atoms in total. The Morgan fingerprint density at radius 1 is 1.62 bits per heavy atom. The molecule has 0 saturated heterocycles. The molecule has 2 rings (SSSR count). The van der Waals surface area contributed by atoms with E-state index in [1.807, 2.05) is 13.8 Å². The molecule has 0 atom stereocenters. The highest BCUT2D eigenvalue weighted by atomic mass is 16.5. The van der Waals surface area contributed by atoms with E-state index in [9.17, 15) is 4.79 Å². The number of hydrogen-bond acceptors (Lipinski definition) is 3. The second-order valence-corrected chi connectivity index (χ2v) is 4.07. The molecule has 0 saturated carbocycles. The second-order valence-electron chi connectivity index (χ2n) is 4.07. The van der Waals surface area contributed by atoms with E-state index in [1.165, 1.54) is 5.56 Å². The first-order valence-electron chi connectivity index (χ1n) is 5.69. The molecule has 5 heteroatoms. The summed E-state index contributed by atoms with van der Waals surface area (Å²) in [4.78, 5) is 13.5. The van der Waals surface area contributed by atoms with Crippen LogP contribution in [0.15, 0.2) is 4.52 Å². The number of carbonyl (C=O) groups is 1. The maximum Gasteiger partial charge on any atom is 0.317 e. The van der Waals surface area contributed by atoms with Crippen LogP contribution >= 0.6 is 0 Å². The third-order valence-electron chi connectivity index (χ3n) is 2.85. The molecule has 0 radical (unpaired) electrons. The van der Waals surface area contributed by atoms with Gasteiger partial charge in [-0.25, -0.2) is 4.79 Å². The number of nitrogens with zero attached hydrogens (tertiary/aromatic N) is 2. The van der Waals surface area contributed by atoms with Gasteiger partial charge in [0.15, 0.2) is 5.76 Å². The summed E-state index contributed by atoms with van der Waals surface area (Å²) in [7, 11) is 0. The van der Waals surface area contributed by atoms with Gasteiger partial charge in [-0.3, -0.25) is 0 Å². The van der Waals surface area contributed by atoms with Gasteiger partial charge in [-0.2, -0.15) is 0 Å². The highest BCUT2D eigenvalue weighted by molar-refractivity contribution is 5.74. The summed E-state index contributed by atoms with van der Waals surface area (Å²) in [5, 5.41) is 6.79. The van der Waals surface area contributed by atoms with Gasteiger partial charge in [0.25, 0.3) is 0 Å². The number of aryl methyl sites for hydroxylation is 1. The Kier molecular flexibility index (Phi) is 3.12. The van der Waals surface area contributed by atoms with Crippen LogP contribution in [-0.2, 0) is 13.0 Å². The lowest BCUT2D eigenvalue weighted by Crippen LogP contribution is -2.42. The number of hydrogen-bond donors (Lipinski definition) is 1. The minimum Gasteiger partial charge on any atom is -0.359 e. The molecule has 0 spiro atoms. The molecule has 16 heavy (non-hydrogen) atoms. The van der Waals surface area contributed by atoms with Crippen LogP contribution in [0.1, 0.15) is 30.4 Å². The molecular weight excluding hydrogens is 206 g/mol. The maximum absolute atomic E-state index is 11.7. The van der Waals surface area contributed by atoms with Crippen LogP contribution in [0, 0.1) is 6.92 Å². The smallest absolute Gasteiger partial charge is 0.317 e. The Bertz CT molecular complexity index is 387. The molecule has 2 heterocycles. The van der Waals surface area contributed by atoms with Gasteiger partial charge in [0.2, 0.25) is 0 Å². The molecule has 0 fully saturated rings. The zero-order valence-corrected chi connectivity index (χ0v) is 9.75. The first kappa shape index (κ1) is 11.0. The Morgan fingerprint density at radius 2 is 2.44 bits per heavy atom. The van der Waals surface area contributed by atoms with E-state index < -0.39 is 0 Å². The van der Waals surface area contributed by atoms with Crippen LogP contribution in [0.3, 0.4) is 0 Å². The van der Waals surface area contributed by atoms with Gasteiger partial charge in [-0.15, -0.1) is 0 Å². The minimum atomic E-state index is -0.0125. The number of amides is 2. The van der Waals surface area contributed by atoms with Gasteiger partial charge < -0.3 is 14.7 Å². The fourth-order valence-electron chi connectivity index (χ4n) is 1.90. The van der Waals surface area contributed by atoms with Crippen molar-refractivity contribution in [3.63, 3.8) is 0 Å². The maximum atomic E-state index is 11.7. The predicted octanol–water partition coefficient (Wildman–Crippen LogP) is 1.46. The molecular formula is C11H17N3O2. The number of fused-ring (bicyclic) bond motifs is 1. The van der Waals surface area contributed by atoms with Crippen molar-refractivity contribution in [2.75, 3.05) is 13.1 Å². The number of aromatic nitrogens is 1. The number of urea groups is 1. The van der Waals surface area contributed by atoms with Crippen molar-refractivity contribution in [3.8, 4) is 0 Å². The molecule has 0 unspecified atom stereocenters. The quantitative estimate of drug-likeness (QED) is 0.825. The van der Waals surface area contributed by atoms with Gasteiger partial charge in [0.05, 0.1) is 12.2 Å². The van der Waals surface area contributed by atoms with E-state index in [2.05, 4.69) is 10.5 Å². The van der Waals surface area contributed by atoms with Gasteiger partial charge in [-0.1, -0.05) is 12.1 Å². The van der Waals surface area contributed by atoms with Gasteiger partial charge in [-0.05, 0) is 19.8 Å². The van der Waals surface area contributed by atoms with Crippen LogP contribution in [0.4, 0.5) is 4.79 Å². The van der Waals surface area contributed by atoms with Crippen molar-refractivity contribution < 1.29 is 9.32 Å². The Balaban J connectivity index is 2.00. The number of carbonyl (C=O) groups excluding carboxylic acids is 1. The van der Waals surface area contributed by atoms with Crippen molar-refractivity contribution in [2.24, 2.45) is 0 Å². The largest absolute Gasteiger partial charge is 0.359 e. The van der Waals surface area contributed by atoms with E-state index in [1.54, 1.807) is 4.90 Å². The third kappa shape index (κ3) is 2.03. The van der Waals surface area contributed by atoms with Gasteiger partial charge >= 0.3 is 6.03 Å². The molecule has 0 aromatic carbocycles. The highest BCUT2D eigenvalue weighted by Crippen LogP contribution is 2.21. The average molecular weight is 223 g/mol. The summed E-state index contributed by atoms with van der Waals surface area (Å²) >= 11 is 0. The summed E-state index contributed by atoms with van der Waals surface area (Å²) in [5.41, 5.74) is 2.11. The first-order valence-corrected chi connectivity index (χ1v) is 5.69. The average Bonchev–Trinajstić information content (AvgIpc) is 2.67. The van der Waals surface area contributed by atoms with Crippen LogP contribution in [0.2, 0.25) is 0 Å².